The van der Waals surface area contributed by atoms with Crippen molar-refractivity contribution in [2.45, 2.75) is 13.0 Å². The van der Waals surface area contributed by atoms with E-state index in [0.29, 0.717) is 0 Å². The molecular weight excluding hydrogens is 265 g/mol. The molecule has 0 spiro atoms. The third kappa shape index (κ3) is 2.69. The Kier molecular flexibility index (Phi) is 3.45. The third-order valence-electron chi connectivity index (χ3n) is 2.31. The van der Waals surface area contributed by atoms with E-state index in [1.165, 1.54) is 0 Å². The minimum atomic E-state index is -1.59. The first-order valence-corrected chi connectivity index (χ1v) is 5.12. The second kappa shape index (κ2) is 5.04. The van der Waals surface area contributed by atoms with Crippen molar-refractivity contribution >= 4 is 5.97 Å². The van der Waals surface area contributed by atoms with E-state index in [2.05, 4.69) is 15.5 Å². The van der Waals surface area contributed by atoms with E-state index in [-0.39, 0.29) is 24.4 Å². The molecule has 1 heterocycles. The Morgan fingerprint density at radius 3 is 2.47 bits per heavy atom. The van der Waals surface area contributed by atoms with Crippen LogP contribution >= 0.6 is 0 Å². The van der Waals surface area contributed by atoms with Gasteiger partial charge in [-0.3, -0.25) is 4.79 Å². The van der Waals surface area contributed by atoms with Crippen LogP contribution in [0.15, 0.2) is 12.1 Å². The van der Waals surface area contributed by atoms with Crippen molar-refractivity contribution in [3.8, 4) is 11.4 Å². The minimum Gasteiger partial charge on any atom is -0.481 e. The molecule has 1 aromatic carbocycles. The fraction of sp³-hybridized carbons (Fsp3) is 0.200. The van der Waals surface area contributed by atoms with E-state index in [1.807, 2.05) is 0 Å². The summed E-state index contributed by atoms with van der Waals surface area (Å²) in [6.45, 7) is -0.0711. The van der Waals surface area contributed by atoms with Crippen LogP contribution in [0.1, 0.15) is 6.42 Å². The Labute approximate surface area is 104 Å². The number of aryl methyl sites for hydroxylation is 1. The zero-order valence-corrected chi connectivity index (χ0v) is 9.35. The van der Waals surface area contributed by atoms with Crippen LogP contribution in [0.25, 0.3) is 11.4 Å². The number of nitrogens with zero attached hydrogens (tertiary/aromatic N) is 4. The van der Waals surface area contributed by atoms with Gasteiger partial charge in [0.1, 0.15) is 0 Å². The van der Waals surface area contributed by atoms with E-state index < -0.39 is 23.4 Å². The average Bonchev–Trinajstić information content (AvgIpc) is 2.81. The van der Waals surface area contributed by atoms with Gasteiger partial charge in [-0.25, -0.2) is 17.9 Å². The lowest BCUT2D eigenvalue weighted by Crippen LogP contribution is -2.08. The highest BCUT2D eigenvalue weighted by molar-refractivity contribution is 5.66. The molecule has 9 heteroatoms. The Balaban J connectivity index is 2.37. The fourth-order valence-electron chi connectivity index (χ4n) is 1.45. The molecule has 0 aliphatic carbocycles. The van der Waals surface area contributed by atoms with Crippen LogP contribution in [0, 0.1) is 17.5 Å². The predicted molar refractivity (Wildman–Crippen MR) is 55.4 cm³/mol. The lowest BCUT2D eigenvalue weighted by molar-refractivity contribution is -0.137. The van der Waals surface area contributed by atoms with Crippen molar-refractivity contribution in [3.05, 3.63) is 29.6 Å². The molecule has 0 fully saturated rings. The van der Waals surface area contributed by atoms with E-state index >= 15 is 0 Å². The van der Waals surface area contributed by atoms with Crippen LogP contribution in [-0.2, 0) is 11.3 Å². The van der Waals surface area contributed by atoms with Gasteiger partial charge in [-0.05, 0) is 22.6 Å². The molecule has 6 nitrogen and oxygen atoms in total. The Morgan fingerprint density at radius 1 is 1.26 bits per heavy atom. The number of benzene rings is 1. The van der Waals surface area contributed by atoms with Gasteiger partial charge in [0, 0.05) is 5.56 Å². The summed E-state index contributed by atoms with van der Waals surface area (Å²) in [5, 5.41) is 18.9. The standard InChI is InChI=1S/C10H7F3N4O2/c11-6-3-5(4-7(12)9(6)13)10-14-15-16-17(10)2-1-8(18)19/h3-4H,1-2H2,(H,18,19). The highest BCUT2D eigenvalue weighted by Crippen LogP contribution is 2.21. The first kappa shape index (κ1) is 13.0. The summed E-state index contributed by atoms with van der Waals surface area (Å²) in [6, 6.07) is 1.47. The molecule has 0 amide bonds. The molecule has 0 saturated carbocycles. The summed E-state index contributed by atoms with van der Waals surface area (Å²) in [6.07, 6.45) is -0.260. The lowest BCUT2D eigenvalue weighted by atomic mass is 10.2. The molecule has 0 radical (unpaired) electrons. The Morgan fingerprint density at radius 2 is 1.89 bits per heavy atom. The highest BCUT2D eigenvalue weighted by atomic mass is 19.2. The van der Waals surface area contributed by atoms with Crippen LogP contribution in [0.5, 0.6) is 0 Å². The summed E-state index contributed by atoms with van der Waals surface area (Å²) in [4.78, 5) is 10.4. The normalized spacial score (nSPS) is 10.7. The maximum Gasteiger partial charge on any atom is 0.305 e. The van der Waals surface area contributed by atoms with Crippen LogP contribution in [0.2, 0.25) is 0 Å². The zero-order chi connectivity index (χ0) is 14.0. The van der Waals surface area contributed by atoms with Gasteiger partial charge < -0.3 is 5.11 Å². The quantitative estimate of drug-likeness (QED) is 0.847. The summed E-state index contributed by atoms with van der Waals surface area (Å²) >= 11 is 0. The number of hydrogen-bond donors (Lipinski definition) is 1. The van der Waals surface area contributed by atoms with Gasteiger partial charge in [-0.1, -0.05) is 0 Å². The summed E-state index contributed by atoms with van der Waals surface area (Å²) in [5.41, 5.74) is -0.0770. The molecule has 1 aromatic heterocycles. The van der Waals surface area contributed by atoms with Crippen molar-refractivity contribution in [1.82, 2.24) is 20.2 Å². The monoisotopic (exact) mass is 272 g/mol. The molecule has 0 aliphatic rings. The van der Waals surface area contributed by atoms with Gasteiger partial charge in [0.05, 0.1) is 13.0 Å². The van der Waals surface area contributed by atoms with Gasteiger partial charge in [-0.15, -0.1) is 5.10 Å². The Bertz CT molecular complexity index is 606. The van der Waals surface area contributed by atoms with Crippen molar-refractivity contribution in [2.24, 2.45) is 0 Å². The first-order chi connectivity index (χ1) is 8.99. The SMILES string of the molecule is O=C(O)CCn1nnnc1-c1cc(F)c(F)c(F)c1. The van der Waals surface area contributed by atoms with E-state index in [9.17, 15) is 18.0 Å². The van der Waals surface area contributed by atoms with Crippen LogP contribution < -0.4 is 0 Å². The second-order valence-electron chi connectivity index (χ2n) is 3.62. The van der Waals surface area contributed by atoms with Crippen molar-refractivity contribution < 1.29 is 23.1 Å². The third-order valence-corrected chi connectivity index (χ3v) is 2.31. The maximum atomic E-state index is 13.1. The van der Waals surface area contributed by atoms with Gasteiger partial charge in [0.15, 0.2) is 23.3 Å². The van der Waals surface area contributed by atoms with Crippen molar-refractivity contribution in [1.29, 1.82) is 0 Å². The maximum absolute atomic E-state index is 13.1. The largest absolute Gasteiger partial charge is 0.481 e. The molecule has 2 rings (SSSR count). The molecule has 100 valence electrons. The second-order valence-corrected chi connectivity index (χ2v) is 3.62. The van der Waals surface area contributed by atoms with Crippen LogP contribution in [0.3, 0.4) is 0 Å². The molecule has 0 atom stereocenters. The van der Waals surface area contributed by atoms with Gasteiger partial charge >= 0.3 is 5.97 Å². The fourth-order valence-corrected chi connectivity index (χ4v) is 1.45. The lowest BCUT2D eigenvalue weighted by Gasteiger charge is -2.04. The molecule has 19 heavy (non-hydrogen) atoms. The number of carbonyl (C=O) groups is 1. The smallest absolute Gasteiger partial charge is 0.305 e. The van der Waals surface area contributed by atoms with Crippen molar-refractivity contribution in [2.75, 3.05) is 0 Å². The van der Waals surface area contributed by atoms with Gasteiger partial charge in [-0.2, -0.15) is 0 Å². The molecule has 1 N–H and O–H groups in total. The molecular formula is C10H7F3N4O2. The number of rotatable bonds is 4. The van der Waals surface area contributed by atoms with Crippen LogP contribution in [0.4, 0.5) is 13.2 Å². The van der Waals surface area contributed by atoms with Crippen molar-refractivity contribution in [3.63, 3.8) is 0 Å². The first-order valence-electron chi connectivity index (χ1n) is 5.12. The number of tetrazole rings is 1. The average molecular weight is 272 g/mol. The molecule has 0 saturated heterocycles. The summed E-state index contributed by atoms with van der Waals surface area (Å²) < 4.78 is 40.1. The number of halogens is 3. The van der Waals surface area contributed by atoms with E-state index in [1.54, 1.807) is 0 Å². The molecule has 0 unspecified atom stereocenters. The molecule has 0 aliphatic heterocycles. The van der Waals surface area contributed by atoms with Gasteiger partial charge in [0.2, 0.25) is 0 Å². The van der Waals surface area contributed by atoms with Gasteiger partial charge in [0.25, 0.3) is 0 Å². The Hall–Kier alpha value is -2.45. The number of carboxylic acids is 1. The number of aromatic nitrogens is 4. The highest BCUT2D eigenvalue weighted by Gasteiger charge is 2.16. The summed E-state index contributed by atoms with van der Waals surface area (Å²) in [7, 11) is 0. The molecule has 0 bridgehead atoms. The van der Waals surface area contributed by atoms with Crippen LogP contribution in [-0.4, -0.2) is 31.3 Å². The van der Waals surface area contributed by atoms with E-state index in [4.69, 9.17) is 5.11 Å². The topological polar surface area (TPSA) is 80.9 Å². The zero-order valence-electron chi connectivity index (χ0n) is 9.35. The number of aliphatic carboxylic acids is 1. The minimum absolute atomic E-state index is 0.0425. The number of carboxylic acid groups (broad SMARTS) is 1. The number of hydrogen-bond acceptors (Lipinski definition) is 4. The summed E-state index contributed by atoms with van der Waals surface area (Å²) in [5.74, 6) is -5.45. The predicted octanol–water partition coefficient (Wildman–Crippen LogP) is 1.23. The molecule has 2 aromatic rings. The van der Waals surface area contributed by atoms with E-state index in [0.717, 1.165) is 16.8 Å².